The Balaban J connectivity index is 2.21. The molecule has 0 radical (unpaired) electrons. The highest BCUT2D eigenvalue weighted by Gasteiger charge is 1.98. The van der Waals surface area contributed by atoms with E-state index in [-0.39, 0.29) is 6.61 Å². The van der Waals surface area contributed by atoms with Crippen LogP contribution < -0.4 is 5.32 Å². The molecule has 2 aromatic rings. The molecule has 0 saturated carbocycles. The van der Waals surface area contributed by atoms with Crippen LogP contribution in [0.1, 0.15) is 12.0 Å². The van der Waals surface area contributed by atoms with Gasteiger partial charge in [-0.05, 0) is 24.3 Å². The minimum Gasteiger partial charge on any atom is -0.395 e. The highest BCUT2D eigenvalue weighted by Crippen LogP contribution is 2.19. The molecule has 2 heteroatoms. The molecule has 0 fully saturated rings. The second-order valence-electron chi connectivity index (χ2n) is 3.81. The largest absolute Gasteiger partial charge is 0.395 e. The third kappa shape index (κ3) is 3.38. The van der Waals surface area contributed by atoms with Gasteiger partial charge in [-0.3, -0.25) is 0 Å². The Hall–Kier alpha value is -2.24. The van der Waals surface area contributed by atoms with Gasteiger partial charge in [0.1, 0.15) is 0 Å². The summed E-state index contributed by atoms with van der Waals surface area (Å²) in [5, 5.41) is 12.1. The lowest BCUT2D eigenvalue weighted by Gasteiger charge is -2.08. The number of hydrogen-bond donors (Lipinski definition) is 2. The van der Waals surface area contributed by atoms with Gasteiger partial charge in [-0.25, -0.2) is 0 Å². The van der Waals surface area contributed by atoms with Gasteiger partial charge in [0.15, 0.2) is 0 Å². The molecule has 2 N–H and O–H groups in total. The summed E-state index contributed by atoms with van der Waals surface area (Å²) in [6, 6.07) is 17.9. The summed E-state index contributed by atoms with van der Waals surface area (Å²) in [5.41, 5.74) is 2.96. The minimum absolute atomic E-state index is 0.0985. The molecular formula is C16H15NO. The van der Waals surface area contributed by atoms with E-state index in [9.17, 15) is 0 Å². The van der Waals surface area contributed by atoms with Crippen molar-refractivity contribution in [2.24, 2.45) is 0 Å². The molecule has 0 aromatic heterocycles. The SMILES string of the molecule is OCCC#Cc1ccccc1Nc1ccccc1. The zero-order valence-corrected chi connectivity index (χ0v) is 10.1. The van der Waals surface area contributed by atoms with Crippen molar-refractivity contribution in [2.75, 3.05) is 11.9 Å². The maximum atomic E-state index is 8.73. The lowest BCUT2D eigenvalue weighted by atomic mass is 10.1. The summed E-state index contributed by atoms with van der Waals surface area (Å²) in [6.07, 6.45) is 0.500. The third-order valence-electron chi connectivity index (χ3n) is 2.44. The topological polar surface area (TPSA) is 32.3 Å². The molecule has 2 rings (SSSR count). The fourth-order valence-corrected chi connectivity index (χ4v) is 1.59. The summed E-state index contributed by atoms with van der Waals surface area (Å²) in [7, 11) is 0. The van der Waals surface area contributed by atoms with Crippen LogP contribution in [0.2, 0.25) is 0 Å². The molecule has 0 atom stereocenters. The molecule has 0 aliphatic rings. The van der Waals surface area contributed by atoms with E-state index in [4.69, 9.17) is 5.11 Å². The second kappa shape index (κ2) is 6.48. The fourth-order valence-electron chi connectivity index (χ4n) is 1.59. The van der Waals surface area contributed by atoms with E-state index in [0.717, 1.165) is 16.9 Å². The molecule has 0 aliphatic heterocycles. The van der Waals surface area contributed by atoms with Gasteiger partial charge >= 0.3 is 0 Å². The summed E-state index contributed by atoms with van der Waals surface area (Å²) in [5.74, 6) is 6.00. The van der Waals surface area contributed by atoms with E-state index >= 15 is 0 Å². The molecule has 90 valence electrons. The first kappa shape index (κ1) is 12.2. The van der Waals surface area contributed by atoms with Crippen molar-refractivity contribution < 1.29 is 5.11 Å². The molecule has 0 saturated heterocycles. The minimum atomic E-state index is 0.0985. The molecule has 0 spiro atoms. The molecule has 2 nitrogen and oxygen atoms in total. The Kier molecular flexibility index (Phi) is 4.40. The summed E-state index contributed by atoms with van der Waals surface area (Å²) in [4.78, 5) is 0. The van der Waals surface area contributed by atoms with Crippen LogP contribution in [0.15, 0.2) is 54.6 Å². The average Bonchev–Trinajstić information content (AvgIpc) is 2.42. The first-order valence-corrected chi connectivity index (χ1v) is 5.91. The molecular weight excluding hydrogens is 222 g/mol. The second-order valence-corrected chi connectivity index (χ2v) is 3.81. The Morgan fingerprint density at radius 1 is 0.944 bits per heavy atom. The first-order chi connectivity index (χ1) is 8.90. The van der Waals surface area contributed by atoms with Crippen molar-refractivity contribution in [2.45, 2.75) is 6.42 Å². The van der Waals surface area contributed by atoms with Crippen molar-refractivity contribution in [1.29, 1.82) is 0 Å². The number of benzene rings is 2. The standard InChI is InChI=1S/C16H15NO/c18-13-7-6-9-14-8-4-5-12-16(14)17-15-10-2-1-3-11-15/h1-5,8,10-12,17-18H,7,13H2. The van der Waals surface area contributed by atoms with Crippen LogP contribution >= 0.6 is 0 Å². The van der Waals surface area contributed by atoms with E-state index in [0.29, 0.717) is 6.42 Å². The van der Waals surface area contributed by atoms with Crippen LogP contribution in [0.4, 0.5) is 11.4 Å². The number of nitrogens with one attached hydrogen (secondary N) is 1. The van der Waals surface area contributed by atoms with Crippen molar-refractivity contribution >= 4 is 11.4 Å². The highest BCUT2D eigenvalue weighted by atomic mass is 16.2. The van der Waals surface area contributed by atoms with Gasteiger partial charge in [0.2, 0.25) is 0 Å². The fraction of sp³-hybridized carbons (Fsp3) is 0.125. The number of para-hydroxylation sites is 2. The van der Waals surface area contributed by atoms with Crippen LogP contribution in [0.3, 0.4) is 0 Å². The zero-order chi connectivity index (χ0) is 12.6. The highest BCUT2D eigenvalue weighted by molar-refractivity contribution is 5.67. The van der Waals surface area contributed by atoms with E-state index < -0.39 is 0 Å². The normalized spacial score (nSPS) is 9.39. The Labute approximate surface area is 107 Å². The molecule has 0 amide bonds. The van der Waals surface area contributed by atoms with Crippen LogP contribution in [0.25, 0.3) is 0 Å². The lowest BCUT2D eigenvalue weighted by molar-refractivity contribution is 0.305. The zero-order valence-electron chi connectivity index (χ0n) is 10.1. The van der Waals surface area contributed by atoms with E-state index in [1.165, 1.54) is 0 Å². The molecule has 0 heterocycles. The van der Waals surface area contributed by atoms with Gasteiger partial charge in [-0.1, -0.05) is 42.2 Å². The van der Waals surface area contributed by atoms with E-state index in [1.54, 1.807) is 0 Å². The van der Waals surface area contributed by atoms with Crippen LogP contribution in [-0.4, -0.2) is 11.7 Å². The van der Waals surface area contributed by atoms with Crippen LogP contribution in [0, 0.1) is 11.8 Å². The Morgan fingerprint density at radius 2 is 1.67 bits per heavy atom. The summed E-state index contributed by atoms with van der Waals surface area (Å²) < 4.78 is 0. The monoisotopic (exact) mass is 237 g/mol. The van der Waals surface area contributed by atoms with Crippen molar-refractivity contribution in [3.8, 4) is 11.8 Å². The Bertz CT molecular complexity index is 552. The van der Waals surface area contributed by atoms with Crippen molar-refractivity contribution in [3.63, 3.8) is 0 Å². The van der Waals surface area contributed by atoms with E-state index in [2.05, 4.69) is 17.2 Å². The molecule has 2 aromatic carbocycles. The maximum Gasteiger partial charge on any atom is 0.0543 e. The van der Waals surface area contributed by atoms with Gasteiger partial charge in [-0.2, -0.15) is 0 Å². The number of aliphatic hydroxyl groups excluding tert-OH is 1. The predicted molar refractivity (Wildman–Crippen MR) is 74.7 cm³/mol. The van der Waals surface area contributed by atoms with Gasteiger partial charge in [-0.15, -0.1) is 0 Å². The lowest BCUT2D eigenvalue weighted by Crippen LogP contribution is -1.92. The number of hydrogen-bond acceptors (Lipinski definition) is 2. The smallest absolute Gasteiger partial charge is 0.0543 e. The molecule has 18 heavy (non-hydrogen) atoms. The van der Waals surface area contributed by atoms with Gasteiger partial charge in [0.05, 0.1) is 12.3 Å². The van der Waals surface area contributed by atoms with Gasteiger partial charge in [0.25, 0.3) is 0 Å². The number of rotatable bonds is 3. The molecule has 0 aliphatic carbocycles. The maximum absolute atomic E-state index is 8.73. The number of aliphatic hydroxyl groups is 1. The summed E-state index contributed by atoms with van der Waals surface area (Å²) in [6.45, 7) is 0.0985. The quantitative estimate of drug-likeness (QED) is 0.804. The van der Waals surface area contributed by atoms with Crippen molar-refractivity contribution in [1.82, 2.24) is 0 Å². The third-order valence-corrected chi connectivity index (χ3v) is 2.44. The van der Waals surface area contributed by atoms with Gasteiger partial charge < -0.3 is 10.4 Å². The molecule has 0 bridgehead atoms. The van der Waals surface area contributed by atoms with Gasteiger partial charge in [0, 0.05) is 17.7 Å². The Morgan fingerprint density at radius 3 is 2.44 bits per heavy atom. The predicted octanol–water partition coefficient (Wildman–Crippen LogP) is 3.16. The van der Waals surface area contributed by atoms with E-state index in [1.807, 2.05) is 54.6 Å². The van der Waals surface area contributed by atoms with Crippen LogP contribution in [-0.2, 0) is 0 Å². The average molecular weight is 237 g/mol. The van der Waals surface area contributed by atoms with Crippen molar-refractivity contribution in [3.05, 3.63) is 60.2 Å². The molecule has 0 unspecified atom stereocenters. The van der Waals surface area contributed by atoms with Crippen LogP contribution in [0.5, 0.6) is 0 Å². The first-order valence-electron chi connectivity index (χ1n) is 5.91. The number of anilines is 2. The summed E-state index contributed by atoms with van der Waals surface area (Å²) >= 11 is 0.